The molecule has 0 saturated heterocycles. The Morgan fingerprint density at radius 2 is 1.34 bits per heavy atom. The SMILES string of the molecule is CC(=O)OOC(=O)C(N)(CCCCN)C(=O)CCCC(C)(c1ccc(O)cc1)c1ccc(O)cc1. The Labute approximate surface area is 205 Å². The molecule has 0 radical (unpaired) electrons. The molecule has 2 aromatic rings. The van der Waals surface area contributed by atoms with Crippen LogP contribution in [0.1, 0.15) is 63.5 Å². The highest BCUT2D eigenvalue weighted by atomic mass is 17.2. The Kier molecular flexibility index (Phi) is 9.79. The van der Waals surface area contributed by atoms with Gasteiger partial charge in [0.1, 0.15) is 11.5 Å². The monoisotopic (exact) mass is 486 g/mol. The van der Waals surface area contributed by atoms with Crippen molar-refractivity contribution >= 4 is 17.7 Å². The minimum absolute atomic E-state index is 0.0102. The second kappa shape index (κ2) is 12.3. The normalized spacial score (nSPS) is 13.0. The second-order valence-corrected chi connectivity index (χ2v) is 8.87. The Bertz CT molecular complexity index is 960. The molecule has 0 aromatic heterocycles. The van der Waals surface area contributed by atoms with E-state index < -0.39 is 28.7 Å². The minimum Gasteiger partial charge on any atom is -0.508 e. The van der Waals surface area contributed by atoms with Crippen molar-refractivity contribution in [3.8, 4) is 11.5 Å². The summed E-state index contributed by atoms with van der Waals surface area (Å²) in [5, 5.41) is 19.4. The van der Waals surface area contributed by atoms with Crippen LogP contribution < -0.4 is 11.5 Å². The first kappa shape index (κ1) is 27.8. The van der Waals surface area contributed by atoms with Gasteiger partial charge < -0.3 is 21.7 Å². The standard InChI is InChI=1S/C26H34N2O7/c1-18(29)34-35-24(33)26(28,16-3-4-17-27)23(32)6-5-15-25(2,19-7-11-21(30)12-8-19)20-9-13-22(31)14-10-20/h7-14,30-31H,3-6,15-17,27-28H2,1-2H3. The van der Waals surface area contributed by atoms with Crippen LogP contribution in [0.4, 0.5) is 0 Å². The average molecular weight is 487 g/mol. The van der Waals surface area contributed by atoms with E-state index in [9.17, 15) is 24.6 Å². The molecule has 2 aromatic carbocycles. The Morgan fingerprint density at radius 1 is 0.829 bits per heavy atom. The number of carbonyl (C=O) groups is 3. The van der Waals surface area contributed by atoms with Crippen LogP contribution in [0.15, 0.2) is 48.5 Å². The van der Waals surface area contributed by atoms with E-state index >= 15 is 0 Å². The lowest BCUT2D eigenvalue weighted by Crippen LogP contribution is -2.56. The van der Waals surface area contributed by atoms with Crippen molar-refractivity contribution < 1.29 is 34.4 Å². The van der Waals surface area contributed by atoms with Gasteiger partial charge in [0.2, 0.25) is 0 Å². The van der Waals surface area contributed by atoms with Gasteiger partial charge in [0.25, 0.3) is 0 Å². The molecule has 0 amide bonds. The van der Waals surface area contributed by atoms with Crippen LogP contribution in [0.5, 0.6) is 11.5 Å². The second-order valence-electron chi connectivity index (χ2n) is 8.87. The van der Waals surface area contributed by atoms with Gasteiger partial charge in [-0.2, -0.15) is 0 Å². The maximum absolute atomic E-state index is 13.1. The molecule has 1 atom stereocenters. The van der Waals surface area contributed by atoms with Gasteiger partial charge in [-0.1, -0.05) is 31.2 Å². The van der Waals surface area contributed by atoms with Crippen molar-refractivity contribution in [3.05, 3.63) is 59.7 Å². The van der Waals surface area contributed by atoms with Crippen LogP contribution in [0, 0.1) is 0 Å². The van der Waals surface area contributed by atoms with Crippen LogP contribution >= 0.6 is 0 Å². The maximum Gasteiger partial charge on any atom is 0.382 e. The number of unbranched alkanes of at least 4 members (excludes halogenated alkanes) is 1. The molecule has 9 nitrogen and oxygen atoms in total. The summed E-state index contributed by atoms with van der Waals surface area (Å²) in [5.74, 6) is -2.21. The van der Waals surface area contributed by atoms with Crippen molar-refractivity contribution in [2.24, 2.45) is 11.5 Å². The van der Waals surface area contributed by atoms with E-state index in [1.54, 1.807) is 48.5 Å². The summed E-state index contributed by atoms with van der Waals surface area (Å²) in [6.07, 6.45) is 1.87. The predicted octanol–water partition coefficient (Wildman–Crippen LogP) is 2.99. The summed E-state index contributed by atoms with van der Waals surface area (Å²) in [7, 11) is 0. The highest BCUT2D eigenvalue weighted by molar-refractivity contribution is 6.08. The fourth-order valence-corrected chi connectivity index (χ4v) is 4.01. The molecule has 2 rings (SSSR count). The van der Waals surface area contributed by atoms with E-state index in [-0.39, 0.29) is 24.3 Å². The lowest BCUT2D eigenvalue weighted by Gasteiger charge is -2.32. The van der Waals surface area contributed by atoms with Crippen LogP contribution in [0.2, 0.25) is 0 Å². The number of aromatic hydroxyl groups is 2. The average Bonchev–Trinajstić information content (AvgIpc) is 2.83. The van der Waals surface area contributed by atoms with Crippen molar-refractivity contribution in [2.75, 3.05) is 6.54 Å². The third kappa shape index (κ3) is 7.27. The molecule has 190 valence electrons. The number of hydrogen-bond acceptors (Lipinski definition) is 9. The van der Waals surface area contributed by atoms with Crippen molar-refractivity contribution in [3.63, 3.8) is 0 Å². The lowest BCUT2D eigenvalue weighted by atomic mass is 9.72. The molecule has 0 aliphatic rings. The lowest BCUT2D eigenvalue weighted by molar-refractivity contribution is -0.261. The molecule has 9 heteroatoms. The highest BCUT2D eigenvalue weighted by Crippen LogP contribution is 2.38. The van der Waals surface area contributed by atoms with Gasteiger partial charge in [0, 0.05) is 18.8 Å². The highest BCUT2D eigenvalue weighted by Gasteiger charge is 2.44. The fourth-order valence-electron chi connectivity index (χ4n) is 4.01. The number of hydrogen-bond donors (Lipinski definition) is 4. The molecular weight excluding hydrogens is 452 g/mol. The molecule has 35 heavy (non-hydrogen) atoms. The minimum atomic E-state index is -1.96. The zero-order valence-electron chi connectivity index (χ0n) is 20.2. The van der Waals surface area contributed by atoms with Crippen molar-refractivity contribution in [1.82, 2.24) is 0 Å². The van der Waals surface area contributed by atoms with Gasteiger partial charge in [-0.05, 0) is 74.0 Å². The molecule has 6 N–H and O–H groups in total. The Morgan fingerprint density at radius 3 is 1.80 bits per heavy atom. The van der Waals surface area contributed by atoms with Gasteiger partial charge in [-0.25, -0.2) is 19.4 Å². The zero-order valence-corrected chi connectivity index (χ0v) is 20.2. The van der Waals surface area contributed by atoms with Crippen molar-refractivity contribution in [2.45, 2.75) is 63.3 Å². The topological polar surface area (TPSA) is 162 Å². The van der Waals surface area contributed by atoms with E-state index in [2.05, 4.69) is 9.78 Å². The number of rotatable bonds is 12. The molecular formula is C26H34N2O7. The van der Waals surface area contributed by atoms with Crippen LogP contribution in [-0.2, 0) is 29.6 Å². The van der Waals surface area contributed by atoms with E-state index in [1.165, 1.54) is 0 Å². The molecule has 0 fully saturated rings. The molecule has 0 saturated carbocycles. The number of phenolic OH excluding ortho intramolecular Hbond substituents is 2. The van der Waals surface area contributed by atoms with Crippen LogP contribution in [0.25, 0.3) is 0 Å². The van der Waals surface area contributed by atoms with Gasteiger partial charge in [0.05, 0.1) is 0 Å². The van der Waals surface area contributed by atoms with Gasteiger partial charge in [-0.3, -0.25) is 4.79 Å². The van der Waals surface area contributed by atoms with Gasteiger partial charge in [0.15, 0.2) is 11.3 Å². The number of ketones is 1. The van der Waals surface area contributed by atoms with Crippen LogP contribution in [-0.4, -0.2) is 40.0 Å². The van der Waals surface area contributed by atoms with Crippen molar-refractivity contribution in [1.29, 1.82) is 0 Å². The number of benzene rings is 2. The fraction of sp³-hybridized carbons (Fsp3) is 0.423. The van der Waals surface area contributed by atoms with Crippen LogP contribution in [0.3, 0.4) is 0 Å². The summed E-state index contributed by atoms with van der Waals surface area (Å²) >= 11 is 0. The Balaban J connectivity index is 2.22. The Hall–Kier alpha value is -3.43. The summed E-state index contributed by atoms with van der Waals surface area (Å²) in [6.45, 7) is 3.44. The summed E-state index contributed by atoms with van der Waals surface area (Å²) in [4.78, 5) is 45.5. The summed E-state index contributed by atoms with van der Waals surface area (Å²) < 4.78 is 0. The number of carbonyl (C=O) groups excluding carboxylic acids is 3. The quantitative estimate of drug-likeness (QED) is 0.153. The van der Waals surface area contributed by atoms with E-state index in [0.717, 1.165) is 18.1 Å². The molecule has 0 spiro atoms. The van der Waals surface area contributed by atoms with E-state index in [1.807, 2.05) is 6.92 Å². The first-order chi connectivity index (χ1) is 16.5. The third-order valence-electron chi connectivity index (χ3n) is 6.21. The maximum atomic E-state index is 13.1. The smallest absolute Gasteiger partial charge is 0.382 e. The zero-order chi connectivity index (χ0) is 26.1. The molecule has 0 heterocycles. The van der Waals surface area contributed by atoms with Gasteiger partial charge >= 0.3 is 11.9 Å². The largest absolute Gasteiger partial charge is 0.508 e. The third-order valence-corrected chi connectivity index (χ3v) is 6.21. The van der Waals surface area contributed by atoms with Gasteiger partial charge in [-0.15, -0.1) is 0 Å². The number of nitrogens with two attached hydrogens (primary N) is 2. The van der Waals surface area contributed by atoms with E-state index in [0.29, 0.717) is 32.2 Å². The number of Topliss-reactive ketones (excluding diaryl/α,β-unsaturated/α-hetero) is 1. The first-order valence-electron chi connectivity index (χ1n) is 11.5. The molecule has 0 aliphatic heterocycles. The first-order valence-corrected chi connectivity index (χ1v) is 11.5. The molecule has 0 bridgehead atoms. The summed E-state index contributed by atoms with van der Waals surface area (Å²) in [6, 6.07) is 13.6. The number of phenols is 2. The summed E-state index contributed by atoms with van der Waals surface area (Å²) in [5.41, 5.74) is 11.0. The molecule has 1 unspecified atom stereocenters. The predicted molar refractivity (Wildman–Crippen MR) is 129 cm³/mol. The molecule has 0 aliphatic carbocycles. The van der Waals surface area contributed by atoms with E-state index in [4.69, 9.17) is 11.5 Å².